The lowest BCUT2D eigenvalue weighted by molar-refractivity contribution is -0.139. The zero-order chi connectivity index (χ0) is 27.3. The maximum atomic E-state index is 12.9. The van der Waals surface area contributed by atoms with Crippen LogP contribution in [0.1, 0.15) is 16.1 Å². The van der Waals surface area contributed by atoms with Crippen molar-refractivity contribution in [3.05, 3.63) is 71.9 Å². The van der Waals surface area contributed by atoms with Crippen LogP contribution in [0.2, 0.25) is 0 Å². The van der Waals surface area contributed by atoms with E-state index in [1.807, 2.05) is 58.6 Å². The highest BCUT2D eigenvalue weighted by atomic mass is 32.1. The number of aliphatic carboxylic acids is 1. The number of carbonyl (C=O) groups is 2. The Hall–Kier alpha value is -4.90. The van der Waals surface area contributed by atoms with Crippen LogP contribution in [0.4, 0.5) is 0 Å². The Morgan fingerprint density at radius 3 is 2.51 bits per heavy atom. The number of aryl methyl sites for hydroxylation is 1. The molecular formula is C28H22N4O6S. The highest BCUT2D eigenvalue weighted by Gasteiger charge is 2.29. The number of aromatic nitrogens is 4. The van der Waals surface area contributed by atoms with Crippen molar-refractivity contribution < 1.29 is 29.3 Å². The molecule has 0 atom stereocenters. The molecule has 0 bridgehead atoms. The van der Waals surface area contributed by atoms with Gasteiger partial charge < -0.3 is 28.8 Å². The second-order valence-electron chi connectivity index (χ2n) is 9.02. The molecule has 0 amide bonds. The normalized spacial score (nSPS) is 11.4. The van der Waals surface area contributed by atoms with Gasteiger partial charge in [0.15, 0.2) is 18.1 Å². The van der Waals surface area contributed by atoms with Gasteiger partial charge in [0.1, 0.15) is 16.7 Å². The molecule has 3 aromatic heterocycles. The predicted molar refractivity (Wildman–Crippen MR) is 147 cm³/mol. The van der Waals surface area contributed by atoms with E-state index in [1.165, 1.54) is 7.11 Å². The molecule has 0 unspecified atom stereocenters. The van der Waals surface area contributed by atoms with Crippen molar-refractivity contribution >= 4 is 56.6 Å². The van der Waals surface area contributed by atoms with Crippen LogP contribution in [-0.4, -0.2) is 53.7 Å². The fraction of sp³-hybridized carbons (Fsp3) is 0.143. The van der Waals surface area contributed by atoms with Gasteiger partial charge in [-0.05, 0) is 41.5 Å². The van der Waals surface area contributed by atoms with Crippen molar-refractivity contribution in [1.82, 2.24) is 17.9 Å². The fourth-order valence-electron chi connectivity index (χ4n) is 5.14. The molecule has 3 aromatic carbocycles. The number of methoxy groups -OCH3 is 1. The summed E-state index contributed by atoms with van der Waals surface area (Å²) in [6.07, 6.45) is 0. The number of fused-ring (bicyclic) bond motifs is 4. The van der Waals surface area contributed by atoms with Crippen molar-refractivity contribution in [2.24, 2.45) is 7.05 Å². The van der Waals surface area contributed by atoms with E-state index >= 15 is 0 Å². The Balaban J connectivity index is 1.65. The summed E-state index contributed by atoms with van der Waals surface area (Å²) < 4.78 is 23.3. The summed E-state index contributed by atoms with van der Waals surface area (Å²) in [6.45, 7) is -0.276. The lowest BCUT2D eigenvalue weighted by atomic mass is 10.0. The third kappa shape index (κ3) is 4.03. The quantitative estimate of drug-likeness (QED) is 0.274. The first-order valence-electron chi connectivity index (χ1n) is 11.9. The first-order valence-corrected chi connectivity index (χ1v) is 12.7. The lowest BCUT2D eigenvalue weighted by Gasteiger charge is -2.13. The van der Waals surface area contributed by atoms with Gasteiger partial charge in [0.2, 0.25) is 0 Å². The second-order valence-corrected chi connectivity index (χ2v) is 9.55. The van der Waals surface area contributed by atoms with E-state index in [9.17, 15) is 14.7 Å². The van der Waals surface area contributed by atoms with E-state index in [1.54, 1.807) is 18.2 Å². The third-order valence-electron chi connectivity index (χ3n) is 6.76. The molecule has 11 heteroatoms. The molecule has 2 N–H and O–H groups in total. The van der Waals surface area contributed by atoms with Crippen molar-refractivity contribution in [2.75, 3.05) is 13.7 Å². The molecule has 0 aliphatic rings. The van der Waals surface area contributed by atoms with Crippen LogP contribution < -0.4 is 9.47 Å². The van der Waals surface area contributed by atoms with Crippen LogP contribution in [0, 0.1) is 0 Å². The SMILES string of the molecule is COc1ccc(-c2c(C(=O)O)n(Cc3ccc4nsnc4c3)c3c4ccccc4n(C)c23)cc1OCC(=O)O. The molecule has 196 valence electrons. The maximum Gasteiger partial charge on any atom is 0.353 e. The van der Waals surface area contributed by atoms with Gasteiger partial charge in [0.05, 0.1) is 35.4 Å². The van der Waals surface area contributed by atoms with Crippen molar-refractivity contribution in [2.45, 2.75) is 6.54 Å². The summed E-state index contributed by atoms with van der Waals surface area (Å²) in [7, 11) is 3.36. The number of aromatic carboxylic acids is 1. The van der Waals surface area contributed by atoms with Gasteiger partial charge in [-0.1, -0.05) is 30.3 Å². The second kappa shape index (κ2) is 9.44. The molecule has 0 radical (unpaired) electrons. The zero-order valence-electron chi connectivity index (χ0n) is 20.9. The number of ether oxygens (including phenoxy) is 2. The topological polar surface area (TPSA) is 129 Å². The van der Waals surface area contributed by atoms with E-state index < -0.39 is 18.5 Å². The number of para-hydroxylation sites is 1. The number of hydrogen-bond acceptors (Lipinski definition) is 7. The summed E-state index contributed by atoms with van der Waals surface area (Å²) in [5, 5.41) is 20.6. The summed E-state index contributed by atoms with van der Waals surface area (Å²) in [5.74, 6) is -1.68. The van der Waals surface area contributed by atoms with E-state index in [0.717, 1.165) is 50.3 Å². The van der Waals surface area contributed by atoms with Gasteiger partial charge in [0, 0.05) is 24.5 Å². The highest BCUT2D eigenvalue weighted by Crippen LogP contribution is 2.43. The lowest BCUT2D eigenvalue weighted by Crippen LogP contribution is -2.11. The summed E-state index contributed by atoms with van der Waals surface area (Å²) >= 11 is 1.13. The van der Waals surface area contributed by atoms with E-state index in [-0.39, 0.29) is 18.0 Å². The Labute approximate surface area is 225 Å². The minimum atomic E-state index is -1.14. The summed E-state index contributed by atoms with van der Waals surface area (Å²) in [5.41, 5.74) is 6.05. The molecular weight excluding hydrogens is 520 g/mol. The molecule has 3 heterocycles. The van der Waals surface area contributed by atoms with Crippen molar-refractivity contribution in [3.63, 3.8) is 0 Å². The number of nitrogens with zero attached hydrogens (tertiary/aromatic N) is 4. The molecule has 0 fully saturated rings. The number of carboxylic acids is 2. The fourth-order valence-corrected chi connectivity index (χ4v) is 5.66. The average Bonchev–Trinajstić information content (AvgIpc) is 3.61. The summed E-state index contributed by atoms with van der Waals surface area (Å²) in [4.78, 5) is 24.1. The van der Waals surface area contributed by atoms with Crippen LogP contribution in [0.5, 0.6) is 11.5 Å². The van der Waals surface area contributed by atoms with Gasteiger partial charge in [0.25, 0.3) is 0 Å². The van der Waals surface area contributed by atoms with Gasteiger partial charge in [-0.25, -0.2) is 9.59 Å². The average molecular weight is 543 g/mol. The third-order valence-corrected chi connectivity index (χ3v) is 7.32. The molecule has 6 aromatic rings. The van der Waals surface area contributed by atoms with Gasteiger partial charge in [-0.3, -0.25) is 0 Å². The predicted octanol–water partition coefficient (Wildman–Crippen LogP) is 5.02. The van der Waals surface area contributed by atoms with E-state index in [0.29, 0.717) is 16.9 Å². The molecule has 0 spiro atoms. The van der Waals surface area contributed by atoms with E-state index in [4.69, 9.17) is 14.6 Å². The van der Waals surface area contributed by atoms with Crippen LogP contribution in [0.3, 0.4) is 0 Å². The first kappa shape index (κ1) is 24.4. The smallest absolute Gasteiger partial charge is 0.353 e. The van der Waals surface area contributed by atoms with Crippen LogP contribution >= 0.6 is 11.7 Å². The number of hydrogen-bond donors (Lipinski definition) is 2. The molecule has 0 aliphatic heterocycles. The van der Waals surface area contributed by atoms with Gasteiger partial charge in [-0.15, -0.1) is 0 Å². The number of carboxylic acid groups (broad SMARTS) is 2. The van der Waals surface area contributed by atoms with E-state index in [2.05, 4.69) is 8.75 Å². The summed E-state index contributed by atoms with van der Waals surface area (Å²) in [6, 6.07) is 18.6. The standard InChI is InChI=1S/C28H22N4O6S/c1-31-20-6-4-3-5-17(20)25-26(31)24(16-8-10-21(37-2)22(12-16)38-14-23(33)34)27(28(35)36)32(25)13-15-7-9-18-19(11-15)30-39-29-18/h3-12H,13-14H2,1-2H3,(H,33,34)(H,35,36). The largest absolute Gasteiger partial charge is 0.493 e. The molecule has 6 rings (SSSR count). The van der Waals surface area contributed by atoms with Crippen molar-refractivity contribution in [1.29, 1.82) is 0 Å². The Morgan fingerprint density at radius 2 is 1.74 bits per heavy atom. The number of benzene rings is 3. The molecule has 39 heavy (non-hydrogen) atoms. The molecule has 10 nitrogen and oxygen atoms in total. The van der Waals surface area contributed by atoms with Crippen LogP contribution in [0.15, 0.2) is 60.7 Å². The Bertz CT molecular complexity index is 1920. The van der Waals surface area contributed by atoms with Gasteiger partial charge in [-0.2, -0.15) is 8.75 Å². The Kier molecular flexibility index (Phi) is 5.92. The zero-order valence-corrected chi connectivity index (χ0v) is 21.7. The molecule has 0 saturated carbocycles. The minimum absolute atomic E-state index is 0.104. The van der Waals surface area contributed by atoms with Crippen molar-refractivity contribution in [3.8, 4) is 22.6 Å². The molecule has 0 aliphatic carbocycles. The minimum Gasteiger partial charge on any atom is -0.493 e. The van der Waals surface area contributed by atoms with Gasteiger partial charge >= 0.3 is 11.9 Å². The highest BCUT2D eigenvalue weighted by molar-refractivity contribution is 7.00. The van der Waals surface area contributed by atoms with Crippen LogP contribution in [0.25, 0.3) is 44.1 Å². The number of rotatable bonds is 8. The monoisotopic (exact) mass is 542 g/mol. The Morgan fingerprint density at radius 1 is 0.949 bits per heavy atom. The first-order chi connectivity index (χ1) is 18.9. The maximum absolute atomic E-state index is 12.9. The molecule has 0 saturated heterocycles. The van der Waals surface area contributed by atoms with Crippen LogP contribution in [-0.2, 0) is 18.4 Å².